The average molecular weight is 201 g/mol. The van der Waals surface area contributed by atoms with Gasteiger partial charge in [-0.3, -0.25) is 9.78 Å². The van der Waals surface area contributed by atoms with Gasteiger partial charge >= 0.3 is 0 Å². The fraction of sp³-hybridized carbons (Fsp3) is 0.167. The van der Waals surface area contributed by atoms with E-state index in [9.17, 15) is 4.79 Å². The summed E-state index contributed by atoms with van der Waals surface area (Å²) in [5.41, 5.74) is 6.79. The van der Waals surface area contributed by atoms with Crippen molar-refractivity contribution in [2.45, 2.75) is 0 Å². The van der Waals surface area contributed by atoms with E-state index in [1.807, 2.05) is 0 Å². The first-order chi connectivity index (χ1) is 5.70. The zero-order valence-electron chi connectivity index (χ0n) is 6.11. The highest BCUT2D eigenvalue weighted by atomic mass is 32.1. The standard InChI is InChI=1S/C6H7N3OS2/c7-5(11)2-9-6(10)4-1-8-3-12-4/h1,3H,2H2,(H2,7,11)(H,9,10). The van der Waals surface area contributed by atoms with Crippen LogP contribution >= 0.6 is 23.6 Å². The molecule has 0 atom stereocenters. The molecule has 0 bridgehead atoms. The first-order valence-corrected chi connectivity index (χ1v) is 4.44. The maximum absolute atomic E-state index is 11.2. The molecule has 0 aliphatic rings. The molecule has 6 heteroatoms. The van der Waals surface area contributed by atoms with E-state index in [4.69, 9.17) is 5.73 Å². The highest BCUT2D eigenvalue weighted by Gasteiger charge is 2.05. The van der Waals surface area contributed by atoms with E-state index in [2.05, 4.69) is 22.5 Å². The molecular formula is C6H7N3OS2. The van der Waals surface area contributed by atoms with Crippen LogP contribution in [0.1, 0.15) is 9.67 Å². The summed E-state index contributed by atoms with van der Waals surface area (Å²) in [4.78, 5) is 15.8. The van der Waals surface area contributed by atoms with Gasteiger partial charge < -0.3 is 11.1 Å². The van der Waals surface area contributed by atoms with Gasteiger partial charge in [0.25, 0.3) is 5.91 Å². The predicted octanol–water partition coefficient (Wildman–Crippen LogP) is 0.159. The zero-order chi connectivity index (χ0) is 8.97. The molecule has 0 saturated carbocycles. The molecule has 0 spiro atoms. The SMILES string of the molecule is NC(=S)CNC(=O)c1cncs1. The molecule has 64 valence electrons. The van der Waals surface area contributed by atoms with E-state index in [0.717, 1.165) is 0 Å². The van der Waals surface area contributed by atoms with Crippen LogP contribution in [0.15, 0.2) is 11.7 Å². The van der Waals surface area contributed by atoms with Gasteiger partial charge in [0.05, 0.1) is 23.2 Å². The van der Waals surface area contributed by atoms with Gasteiger partial charge in [-0.25, -0.2) is 0 Å². The van der Waals surface area contributed by atoms with Crippen molar-refractivity contribution >= 4 is 34.5 Å². The van der Waals surface area contributed by atoms with Crippen LogP contribution in [-0.2, 0) is 0 Å². The van der Waals surface area contributed by atoms with Crippen molar-refractivity contribution < 1.29 is 4.79 Å². The molecule has 1 aromatic rings. The Bertz CT molecular complexity index is 283. The Morgan fingerprint density at radius 2 is 2.58 bits per heavy atom. The highest BCUT2D eigenvalue weighted by Crippen LogP contribution is 2.03. The summed E-state index contributed by atoms with van der Waals surface area (Å²) in [5, 5.41) is 2.55. The maximum atomic E-state index is 11.2. The van der Waals surface area contributed by atoms with Crippen LogP contribution in [0.3, 0.4) is 0 Å². The molecular weight excluding hydrogens is 194 g/mol. The zero-order valence-corrected chi connectivity index (χ0v) is 7.74. The normalized spacial score (nSPS) is 9.33. The van der Waals surface area contributed by atoms with Gasteiger partial charge in [0.2, 0.25) is 0 Å². The Labute approximate surface area is 78.8 Å². The Hall–Kier alpha value is -1.01. The van der Waals surface area contributed by atoms with Crippen LogP contribution in [0.25, 0.3) is 0 Å². The van der Waals surface area contributed by atoms with Gasteiger partial charge in [0.15, 0.2) is 0 Å². The summed E-state index contributed by atoms with van der Waals surface area (Å²) in [6, 6.07) is 0. The number of aromatic nitrogens is 1. The molecule has 1 aromatic heterocycles. The van der Waals surface area contributed by atoms with Gasteiger partial charge in [-0.05, 0) is 0 Å². The van der Waals surface area contributed by atoms with E-state index in [-0.39, 0.29) is 17.4 Å². The monoisotopic (exact) mass is 201 g/mol. The van der Waals surface area contributed by atoms with E-state index in [0.29, 0.717) is 4.88 Å². The molecule has 0 aliphatic heterocycles. The first-order valence-electron chi connectivity index (χ1n) is 3.15. The number of nitrogens with two attached hydrogens (primary N) is 1. The highest BCUT2D eigenvalue weighted by molar-refractivity contribution is 7.80. The molecule has 12 heavy (non-hydrogen) atoms. The van der Waals surface area contributed by atoms with Crippen molar-refractivity contribution in [3.8, 4) is 0 Å². The van der Waals surface area contributed by atoms with Crippen LogP contribution in [0.5, 0.6) is 0 Å². The average Bonchev–Trinajstić information content (AvgIpc) is 2.51. The summed E-state index contributed by atoms with van der Waals surface area (Å²) < 4.78 is 0. The minimum atomic E-state index is -0.190. The van der Waals surface area contributed by atoms with Crippen LogP contribution in [0.4, 0.5) is 0 Å². The van der Waals surface area contributed by atoms with Crippen LogP contribution in [0.2, 0.25) is 0 Å². The van der Waals surface area contributed by atoms with Gasteiger partial charge in [-0.1, -0.05) is 12.2 Å². The van der Waals surface area contributed by atoms with Crippen molar-refractivity contribution in [1.82, 2.24) is 10.3 Å². The molecule has 0 aromatic carbocycles. The smallest absolute Gasteiger partial charge is 0.263 e. The van der Waals surface area contributed by atoms with Crippen LogP contribution in [-0.4, -0.2) is 22.4 Å². The van der Waals surface area contributed by atoms with Crippen LogP contribution < -0.4 is 11.1 Å². The number of thiocarbonyl (C=S) groups is 1. The summed E-state index contributed by atoms with van der Waals surface area (Å²) in [6.45, 7) is 0.228. The van der Waals surface area contributed by atoms with E-state index >= 15 is 0 Å². The van der Waals surface area contributed by atoms with Gasteiger partial charge in [0, 0.05) is 0 Å². The minimum Gasteiger partial charge on any atom is -0.392 e. The van der Waals surface area contributed by atoms with Gasteiger partial charge in [0.1, 0.15) is 4.88 Å². The molecule has 0 saturated heterocycles. The molecule has 1 rings (SSSR count). The summed E-state index contributed by atoms with van der Waals surface area (Å²) in [6.07, 6.45) is 1.50. The second kappa shape index (κ2) is 4.13. The number of nitrogens with one attached hydrogen (secondary N) is 1. The second-order valence-corrected chi connectivity index (χ2v) is 3.43. The molecule has 0 aliphatic carbocycles. The number of thiazole rings is 1. The number of hydrogen-bond donors (Lipinski definition) is 2. The molecule has 3 N–H and O–H groups in total. The van der Waals surface area contributed by atoms with Crippen molar-refractivity contribution in [3.05, 3.63) is 16.6 Å². The Kier molecular flexibility index (Phi) is 3.12. The van der Waals surface area contributed by atoms with Crippen LogP contribution in [0, 0.1) is 0 Å². The van der Waals surface area contributed by atoms with E-state index in [1.54, 1.807) is 5.51 Å². The molecule has 0 radical (unpaired) electrons. The molecule has 0 unspecified atom stereocenters. The number of rotatable bonds is 3. The number of nitrogens with zero attached hydrogens (tertiary/aromatic N) is 1. The lowest BCUT2D eigenvalue weighted by atomic mass is 10.5. The van der Waals surface area contributed by atoms with E-state index < -0.39 is 0 Å². The molecule has 0 fully saturated rings. The molecule has 1 heterocycles. The first kappa shape index (κ1) is 9.08. The Balaban J connectivity index is 2.45. The number of carbonyl (C=O) groups is 1. The fourth-order valence-corrected chi connectivity index (χ4v) is 1.19. The third-order valence-corrected chi connectivity index (χ3v) is 2.00. The number of hydrogen-bond acceptors (Lipinski definition) is 4. The minimum absolute atomic E-state index is 0.190. The third kappa shape index (κ3) is 2.55. The number of carbonyl (C=O) groups excluding carboxylic acids is 1. The van der Waals surface area contributed by atoms with Gasteiger partial charge in [-0.2, -0.15) is 0 Å². The van der Waals surface area contributed by atoms with Crippen molar-refractivity contribution in [2.24, 2.45) is 5.73 Å². The predicted molar refractivity (Wildman–Crippen MR) is 51.2 cm³/mol. The van der Waals surface area contributed by atoms with Crippen molar-refractivity contribution in [1.29, 1.82) is 0 Å². The maximum Gasteiger partial charge on any atom is 0.263 e. The lowest BCUT2D eigenvalue weighted by Crippen LogP contribution is -2.31. The summed E-state index contributed by atoms with van der Waals surface area (Å²) >= 11 is 5.87. The lowest BCUT2D eigenvalue weighted by molar-refractivity contribution is 0.0963. The largest absolute Gasteiger partial charge is 0.392 e. The summed E-state index contributed by atoms with van der Waals surface area (Å²) in [7, 11) is 0. The second-order valence-electron chi connectivity index (χ2n) is 2.01. The summed E-state index contributed by atoms with van der Waals surface area (Å²) in [5.74, 6) is -0.190. The van der Waals surface area contributed by atoms with E-state index in [1.165, 1.54) is 17.5 Å². The molecule has 1 amide bonds. The van der Waals surface area contributed by atoms with Gasteiger partial charge in [-0.15, -0.1) is 11.3 Å². The Morgan fingerprint density at radius 1 is 1.83 bits per heavy atom. The van der Waals surface area contributed by atoms with Crippen molar-refractivity contribution in [2.75, 3.05) is 6.54 Å². The number of amides is 1. The lowest BCUT2D eigenvalue weighted by Gasteiger charge is -1.99. The van der Waals surface area contributed by atoms with Crippen molar-refractivity contribution in [3.63, 3.8) is 0 Å². The topological polar surface area (TPSA) is 68.0 Å². The quantitative estimate of drug-likeness (QED) is 0.683. The molecule has 4 nitrogen and oxygen atoms in total. The fourth-order valence-electron chi connectivity index (χ4n) is 0.582. The Morgan fingerprint density at radius 3 is 3.08 bits per heavy atom. The third-order valence-electron chi connectivity index (χ3n) is 1.08.